The quantitative estimate of drug-likeness (QED) is 0.0509. The molecule has 5 heterocycles. The summed E-state index contributed by atoms with van der Waals surface area (Å²) < 4.78 is 53.6. The van der Waals surface area contributed by atoms with Crippen molar-refractivity contribution in [3.05, 3.63) is 80.6 Å². The minimum atomic E-state index is -3.57. The van der Waals surface area contributed by atoms with Gasteiger partial charge in [0.05, 0.1) is 47.0 Å². The summed E-state index contributed by atoms with van der Waals surface area (Å²) in [6.45, 7) is 2.14. The number of likely N-dealkylation sites (N-methyl/N-ethyl adjacent to an activating group) is 1. The Morgan fingerprint density at radius 3 is 2.47 bits per heavy atom. The van der Waals surface area contributed by atoms with Gasteiger partial charge in [0.25, 0.3) is 5.56 Å². The van der Waals surface area contributed by atoms with E-state index in [0.717, 1.165) is 22.3 Å². The summed E-state index contributed by atoms with van der Waals surface area (Å²) in [6, 6.07) is 10.7. The molecule has 5 unspecified atom stereocenters. The van der Waals surface area contributed by atoms with Gasteiger partial charge in [-0.25, -0.2) is 27.8 Å². The molecular weight excluding hydrogens is 891 g/mol. The van der Waals surface area contributed by atoms with Crippen LogP contribution in [0.2, 0.25) is 0 Å². The lowest BCUT2D eigenvalue weighted by molar-refractivity contribution is -0.271. The molecule has 2 aromatic carbocycles. The number of aliphatic carboxylic acids is 1. The van der Waals surface area contributed by atoms with E-state index >= 15 is 0 Å². The third kappa shape index (κ3) is 9.40. The summed E-state index contributed by atoms with van der Waals surface area (Å²) in [7, 11) is -2.05. The minimum absolute atomic E-state index is 0.000546. The maximum atomic E-state index is 13.8. The van der Waals surface area contributed by atoms with Crippen molar-refractivity contribution in [1.82, 2.24) is 19.8 Å². The number of sulfone groups is 1. The van der Waals surface area contributed by atoms with Crippen LogP contribution in [-0.4, -0.2) is 142 Å². The Hall–Kier alpha value is -6.21. The van der Waals surface area contributed by atoms with E-state index in [0.29, 0.717) is 34.5 Å². The first kappa shape index (κ1) is 47.7. The first-order valence-corrected chi connectivity index (χ1v) is 22.9. The number of aromatic nitrogens is 2. The van der Waals surface area contributed by atoms with E-state index in [2.05, 4.69) is 10.6 Å². The number of pyridine rings is 2. The van der Waals surface area contributed by atoms with Crippen molar-refractivity contribution in [2.24, 2.45) is 0 Å². The Balaban J connectivity index is 1.10. The topological polar surface area (TPSA) is 312 Å². The maximum absolute atomic E-state index is 13.8. The summed E-state index contributed by atoms with van der Waals surface area (Å²) in [6.07, 6.45) is -9.01. The molecule has 0 spiro atoms. The van der Waals surface area contributed by atoms with Gasteiger partial charge in [-0.2, -0.15) is 0 Å². The second kappa shape index (κ2) is 18.9. The highest BCUT2D eigenvalue weighted by molar-refractivity contribution is 7.90. The van der Waals surface area contributed by atoms with Gasteiger partial charge in [0.2, 0.25) is 12.2 Å². The number of aryl methyl sites for hydroxylation is 1. The first-order chi connectivity index (χ1) is 31.3. The zero-order chi connectivity index (χ0) is 47.8. The molecule has 3 aliphatic heterocycles. The number of carbonyl (C=O) groups excluding carboxylic acids is 3. The number of hydrogen-bond acceptors (Lipinski definition) is 18. The third-order valence-electron chi connectivity index (χ3n) is 11.6. The van der Waals surface area contributed by atoms with E-state index in [1.54, 1.807) is 35.8 Å². The van der Waals surface area contributed by atoms with Crippen LogP contribution in [0.15, 0.2) is 47.3 Å². The molecule has 0 saturated carbocycles. The van der Waals surface area contributed by atoms with E-state index in [4.69, 9.17) is 28.7 Å². The molecule has 0 radical (unpaired) electrons. The summed E-state index contributed by atoms with van der Waals surface area (Å²) in [5, 5.41) is 57.5. The minimum Gasteiger partial charge on any atom is -0.479 e. The van der Waals surface area contributed by atoms with E-state index in [1.165, 1.54) is 25.2 Å². The fraction of sp³-hybridized carbons (Fsp3) is 0.442. The molecule has 0 aliphatic carbocycles. The number of rotatable bonds is 16. The second-order valence-corrected chi connectivity index (χ2v) is 18.3. The molecule has 66 heavy (non-hydrogen) atoms. The molecule has 7 rings (SSSR count). The van der Waals surface area contributed by atoms with E-state index < -0.39 is 94.7 Å². The summed E-state index contributed by atoms with van der Waals surface area (Å²) in [5.74, 6) is -3.29. The van der Waals surface area contributed by atoms with Gasteiger partial charge in [-0.05, 0) is 67.4 Å². The van der Waals surface area contributed by atoms with E-state index in [9.17, 15) is 57.9 Å². The number of esters is 1. The van der Waals surface area contributed by atoms with Crippen LogP contribution in [0.5, 0.6) is 11.5 Å². The lowest BCUT2D eigenvalue weighted by Crippen LogP contribution is -2.61. The van der Waals surface area contributed by atoms with Gasteiger partial charge in [-0.3, -0.25) is 14.5 Å². The van der Waals surface area contributed by atoms with Gasteiger partial charge in [0.1, 0.15) is 52.9 Å². The molecule has 1 saturated heterocycles. The Bertz CT molecular complexity index is 2760. The molecule has 23 heteroatoms. The average molecular weight is 940 g/mol. The zero-order valence-corrected chi connectivity index (χ0v) is 37.0. The number of fused-ring (bicyclic) bond motifs is 5. The summed E-state index contributed by atoms with van der Waals surface area (Å²) >= 11 is 0. The Kier molecular flexibility index (Phi) is 13.7. The zero-order valence-electron chi connectivity index (χ0n) is 36.2. The number of carboxylic acids is 1. The molecule has 1 fully saturated rings. The average Bonchev–Trinajstić information content (AvgIpc) is 3.64. The number of nitrogens with zero attached hydrogens (tertiary/aromatic N) is 3. The normalized spacial score (nSPS) is 22.1. The van der Waals surface area contributed by atoms with Crippen LogP contribution in [0.1, 0.15) is 48.1 Å². The number of hydrogen-bond donors (Lipinski definition) is 7. The van der Waals surface area contributed by atoms with Crippen LogP contribution in [0.25, 0.3) is 22.3 Å². The van der Waals surface area contributed by atoms with Gasteiger partial charge in [0, 0.05) is 29.3 Å². The van der Waals surface area contributed by atoms with Crippen molar-refractivity contribution in [3.63, 3.8) is 0 Å². The number of ether oxygens (including phenoxy) is 5. The number of benzene rings is 2. The number of amides is 2. The highest BCUT2D eigenvalue weighted by Gasteiger charge is 2.49. The van der Waals surface area contributed by atoms with Crippen LogP contribution in [-0.2, 0) is 70.2 Å². The number of aliphatic hydroxyl groups is 4. The smallest absolute Gasteiger partial charge is 0.412 e. The van der Waals surface area contributed by atoms with Crippen molar-refractivity contribution < 1.29 is 76.8 Å². The standard InChI is InChI=1S/C43H49N5O17S/c1-5-23-24-14-22(8-9-28(24)46-33-25(23)17-48-30(33)15-27-26(38(48)53)19-61-41(56)43(27,58)6-2)63-20-47(11-12-66(4,59)60)42(57)62-18-21-7-10-31(29(13-21)45-32(49)16-44-3)64-40-36(52)34(50)35(51)37(65-40)39(54)55/h7-10,13-15,34-37,40,44,50-52,58H,5-6,11-12,16-20H2,1-4H3,(H,45,49)(H,54,55)/t34?,35?,36?,37?,40?,43-/m0/s1. The highest BCUT2D eigenvalue weighted by atomic mass is 32.2. The molecule has 4 aromatic rings. The molecule has 0 bridgehead atoms. The molecule has 354 valence electrons. The number of carbonyl (C=O) groups is 4. The second-order valence-electron chi connectivity index (χ2n) is 16.0. The molecule has 22 nitrogen and oxygen atoms in total. The van der Waals surface area contributed by atoms with Crippen molar-refractivity contribution in [2.75, 3.05) is 44.2 Å². The Morgan fingerprint density at radius 2 is 1.79 bits per heavy atom. The van der Waals surface area contributed by atoms with Crippen molar-refractivity contribution in [2.45, 2.75) is 82.8 Å². The molecule has 6 atom stereocenters. The van der Waals surface area contributed by atoms with Gasteiger partial charge in [-0.15, -0.1) is 0 Å². The van der Waals surface area contributed by atoms with Crippen LogP contribution in [0.3, 0.4) is 0 Å². The van der Waals surface area contributed by atoms with Crippen molar-refractivity contribution in [3.8, 4) is 22.9 Å². The number of anilines is 1. The van der Waals surface area contributed by atoms with Crippen LogP contribution >= 0.6 is 0 Å². The fourth-order valence-electron chi connectivity index (χ4n) is 8.00. The molecule has 2 amide bonds. The van der Waals surface area contributed by atoms with Gasteiger partial charge in [-0.1, -0.05) is 19.9 Å². The fourth-order valence-corrected chi connectivity index (χ4v) is 8.56. The van der Waals surface area contributed by atoms with Crippen molar-refractivity contribution in [1.29, 1.82) is 0 Å². The first-order valence-electron chi connectivity index (χ1n) is 20.8. The van der Waals surface area contributed by atoms with Gasteiger partial charge in [0.15, 0.2) is 18.4 Å². The molecule has 3 aliphatic rings. The van der Waals surface area contributed by atoms with Gasteiger partial charge < -0.3 is 64.4 Å². The van der Waals surface area contributed by atoms with E-state index in [-0.39, 0.29) is 60.8 Å². The molecule has 2 aromatic heterocycles. The van der Waals surface area contributed by atoms with E-state index in [1.807, 2.05) is 6.92 Å². The summed E-state index contributed by atoms with van der Waals surface area (Å²) in [4.78, 5) is 70.1. The largest absolute Gasteiger partial charge is 0.479 e. The van der Waals surface area contributed by atoms with Crippen molar-refractivity contribution >= 4 is 50.4 Å². The predicted molar refractivity (Wildman–Crippen MR) is 230 cm³/mol. The van der Waals surface area contributed by atoms with Crippen LogP contribution in [0.4, 0.5) is 10.5 Å². The number of cyclic esters (lactones) is 1. The van der Waals surface area contributed by atoms with Gasteiger partial charge >= 0.3 is 18.0 Å². The lowest BCUT2D eigenvalue weighted by atomic mass is 9.86. The number of carboxylic acid groups (broad SMARTS) is 1. The summed E-state index contributed by atoms with van der Waals surface area (Å²) in [5.41, 5.74) is 1.44. The highest BCUT2D eigenvalue weighted by Crippen LogP contribution is 2.41. The Morgan fingerprint density at radius 1 is 1.03 bits per heavy atom. The number of aliphatic hydroxyl groups excluding tert-OH is 3. The molecule has 7 N–H and O–H groups in total. The third-order valence-corrected chi connectivity index (χ3v) is 12.5. The van der Waals surface area contributed by atoms with Crippen LogP contribution in [0, 0.1) is 0 Å². The SMILES string of the molecule is CCc1c2c(nc3ccc(OCN(CCS(C)(=O)=O)C(=O)OCc4ccc(OC5OC(C(=O)O)C(O)C(O)C5O)c(NC(=O)CNC)c4)cc13)-c1cc3c(c(=O)n1C2)COC(=O)[C@]3(O)CC. The Labute approximate surface area is 376 Å². The maximum Gasteiger partial charge on any atom is 0.412 e. The van der Waals surface area contributed by atoms with Crippen LogP contribution < -0.4 is 25.7 Å². The number of nitrogens with one attached hydrogen (secondary N) is 2. The molecular formula is C43H49N5O17S. The predicted octanol–water partition coefficient (Wildman–Crippen LogP) is 0.0906. The monoisotopic (exact) mass is 939 g/mol. The lowest BCUT2D eigenvalue weighted by Gasteiger charge is -2.38.